The van der Waals surface area contributed by atoms with Crippen molar-refractivity contribution in [3.63, 3.8) is 0 Å². The van der Waals surface area contributed by atoms with E-state index >= 15 is 0 Å². The van der Waals surface area contributed by atoms with Crippen LogP contribution in [0.25, 0.3) is 10.2 Å². The summed E-state index contributed by atoms with van der Waals surface area (Å²) in [6, 6.07) is 6.04. The molecule has 0 fully saturated rings. The molecular weight excluding hydrogens is 470 g/mol. The smallest absolute Gasteiger partial charge is 0.309 e. The first-order valence-electron chi connectivity index (χ1n) is 13.2. The van der Waals surface area contributed by atoms with Gasteiger partial charge < -0.3 is 9.84 Å². The Labute approximate surface area is 220 Å². The molecule has 1 N–H and O–H groups in total. The van der Waals surface area contributed by atoms with Gasteiger partial charge in [0.1, 0.15) is 11.4 Å². The lowest BCUT2D eigenvalue weighted by Gasteiger charge is -2.36. The van der Waals surface area contributed by atoms with Crippen LogP contribution in [0.15, 0.2) is 29.8 Å². The molecule has 1 aromatic heterocycles. The van der Waals surface area contributed by atoms with Crippen LogP contribution >= 0.6 is 11.3 Å². The number of ether oxygens (including phenoxy) is 1. The fourth-order valence-corrected chi connectivity index (χ4v) is 6.02. The molecule has 0 bridgehead atoms. The monoisotopic (exact) mass is 513 g/mol. The number of aliphatic hydroxyl groups excluding tert-OH is 1. The number of fused-ring (bicyclic) bond motifs is 1. The Hall–Kier alpha value is -2.05. The topological polar surface area (TPSA) is 76.5 Å². The van der Waals surface area contributed by atoms with Crippen molar-refractivity contribution in [2.75, 3.05) is 0 Å². The zero-order valence-corrected chi connectivity index (χ0v) is 24.0. The Morgan fingerprint density at radius 1 is 1.11 bits per heavy atom. The van der Waals surface area contributed by atoms with Crippen LogP contribution < -0.4 is 0 Å². The molecule has 36 heavy (non-hydrogen) atoms. The zero-order valence-electron chi connectivity index (χ0n) is 23.2. The summed E-state index contributed by atoms with van der Waals surface area (Å²) in [5.74, 6) is -0.129. The number of thiazole rings is 1. The lowest BCUT2D eigenvalue weighted by Crippen LogP contribution is -2.44. The van der Waals surface area contributed by atoms with Crippen molar-refractivity contribution in [3.8, 4) is 0 Å². The summed E-state index contributed by atoms with van der Waals surface area (Å²) in [6.45, 7) is 15.8. The number of aliphatic hydroxyl groups is 1. The minimum atomic E-state index is -1.12. The molecule has 1 aliphatic heterocycles. The molecule has 5 atom stereocenters. The van der Waals surface area contributed by atoms with Crippen LogP contribution in [0.4, 0.5) is 0 Å². The summed E-state index contributed by atoms with van der Waals surface area (Å²) < 4.78 is 7.21. The van der Waals surface area contributed by atoms with E-state index in [1.807, 2.05) is 39.0 Å². The third-order valence-electron chi connectivity index (χ3n) is 8.44. The number of esters is 1. The lowest BCUT2D eigenvalue weighted by atomic mass is 9.70. The predicted octanol–water partition coefficient (Wildman–Crippen LogP) is 7.14. The molecule has 0 radical (unpaired) electrons. The number of aromatic nitrogens is 1. The lowest BCUT2D eigenvalue weighted by molar-refractivity contribution is -0.164. The van der Waals surface area contributed by atoms with Gasteiger partial charge in [-0.1, -0.05) is 58.8 Å². The highest BCUT2D eigenvalue weighted by atomic mass is 32.1. The van der Waals surface area contributed by atoms with Gasteiger partial charge in [-0.15, -0.1) is 11.3 Å². The second-order valence-corrected chi connectivity index (χ2v) is 12.9. The Morgan fingerprint density at radius 2 is 1.81 bits per heavy atom. The minimum Gasteiger partial charge on any atom is -0.454 e. The molecule has 0 spiro atoms. The van der Waals surface area contributed by atoms with E-state index in [1.54, 1.807) is 25.2 Å². The molecule has 5 nitrogen and oxygen atoms in total. The average molecular weight is 514 g/mol. The zero-order chi connectivity index (χ0) is 26.8. The van der Waals surface area contributed by atoms with Gasteiger partial charge in [-0.05, 0) is 63.1 Å². The SMILES string of the molecule is C/C1=C/CC(C)(c2ccc3sc(C)nc3c2)OC(=O)CC(O)C(C)(C)C(=O)C(C)C(C)C(C)CCC1. The summed E-state index contributed by atoms with van der Waals surface area (Å²) in [7, 11) is 0. The molecule has 0 saturated heterocycles. The highest BCUT2D eigenvalue weighted by molar-refractivity contribution is 7.18. The Bertz CT molecular complexity index is 1130. The van der Waals surface area contributed by atoms with Crippen LogP contribution in [0.1, 0.15) is 91.1 Å². The molecule has 0 amide bonds. The molecule has 198 valence electrons. The number of aryl methyl sites for hydroxylation is 1. The normalized spacial score (nSPS) is 32.6. The highest BCUT2D eigenvalue weighted by Crippen LogP contribution is 2.37. The number of carbonyl (C=O) groups excluding carboxylic acids is 2. The Balaban J connectivity index is 1.97. The van der Waals surface area contributed by atoms with E-state index in [4.69, 9.17) is 4.74 Å². The second kappa shape index (κ2) is 11.1. The fraction of sp³-hybridized carbons (Fsp3) is 0.633. The van der Waals surface area contributed by atoms with Crippen molar-refractivity contribution in [1.29, 1.82) is 0 Å². The minimum absolute atomic E-state index is 0.00237. The van der Waals surface area contributed by atoms with Crippen LogP contribution in [-0.4, -0.2) is 27.9 Å². The van der Waals surface area contributed by atoms with Gasteiger partial charge in [-0.3, -0.25) is 9.59 Å². The number of allylic oxidation sites excluding steroid dienone is 1. The summed E-state index contributed by atoms with van der Waals surface area (Å²) in [5.41, 5.74) is 1.07. The number of nitrogens with zero attached hydrogens (tertiary/aromatic N) is 1. The number of rotatable bonds is 1. The molecule has 3 rings (SSSR count). The average Bonchev–Trinajstić information content (AvgIpc) is 3.19. The Morgan fingerprint density at radius 3 is 2.50 bits per heavy atom. The largest absolute Gasteiger partial charge is 0.454 e. The third-order valence-corrected chi connectivity index (χ3v) is 9.39. The summed E-state index contributed by atoms with van der Waals surface area (Å²) >= 11 is 1.64. The number of hydrogen-bond acceptors (Lipinski definition) is 6. The first kappa shape index (κ1) is 28.5. The van der Waals surface area contributed by atoms with Crippen molar-refractivity contribution >= 4 is 33.3 Å². The van der Waals surface area contributed by atoms with E-state index < -0.39 is 23.1 Å². The molecule has 1 aliphatic rings. The van der Waals surface area contributed by atoms with Gasteiger partial charge in [0.2, 0.25) is 0 Å². The number of cyclic esters (lactones) is 1. The maximum Gasteiger partial charge on any atom is 0.309 e. The number of benzene rings is 1. The quantitative estimate of drug-likeness (QED) is 0.324. The van der Waals surface area contributed by atoms with Gasteiger partial charge in [0, 0.05) is 12.3 Å². The number of Topliss-reactive ketones (excluding diaryl/α,β-unsaturated/α-hetero) is 1. The van der Waals surface area contributed by atoms with E-state index in [9.17, 15) is 14.7 Å². The van der Waals surface area contributed by atoms with Gasteiger partial charge in [0.25, 0.3) is 0 Å². The molecule has 0 aliphatic carbocycles. The Kier molecular flexibility index (Phi) is 8.82. The molecular formula is C30H43NO4S. The standard InChI is InChI=1S/C30H43NO4S/c1-18-10-9-11-19(2)20(3)21(4)28(34)29(6,7)26(32)17-27(33)35-30(8,15-14-18)23-12-13-25-24(16-23)31-22(5)36-25/h12-14,16,19-21,26,32H,9-11,15,17H2,1-8H3/b18-14-. The third kappa shape index (κ3) is 6.25. The van der Waals surface area contributed by atoms with Gasteiger partial charge in [0.15, 0.2) is 0 Å². The molecule has 2 heterocycles. The fourth-order valence-electron chi connectivity index (χ4n) is 5.22. The summed E-state index contributed by atoms with van der Waals surface area (Å²) in [6.07, 6.45) is 4.40. The van der Waals surface area contributed by atoms with Gasteiger partial charge in [-0.25, -0.2) is 4.98 Å². The predicted molar refractivity (Wildman–Crippen MR) is 147 cm³/mol. The molecule has 2 aromatic rings. The van der Waals surface area contributed by atoms with Crippen LogP contribution in [0.3, 0.4) is 0 Å². The highest BCUT2D eigenvalue weighted by Gasteiger charge is 2.42. The van der Waals surface area contributed by atoms with E-state index in [0.29, 0.717) is 12.3 Å². The number of ketones is 1. The van der Waals surface area contributed by atoms with Crippen molar-refractivity contribution in [2.45, 2.75) is 99.2 Å². The van der Waals surface area contributed by atoms with Crippen molar-refractivity contribution < 1.29 is 19.4 Å². The second-order valence-electron chi connectivity index (χ2n) is 11.7. The maximum atomic E-state index is 13.4. The van der Waals surface area contributed by atoms with Crippen LogP contribution in [0.2, 0.25) is 0 Å². The van der Waals surface area contributed by atoms with Crippen LogP contribution in [0.5, 0.6) is 0 Å². The maximum absolute atomic E-state index is 13.4. The molecule has 1 aromatic carbocycles. The van der Waals surface area contributed by atoms with E-state index in [0.717, 1.165) is 40.1 Å². The van der Waals surface area contributed by atoms with E-state index in [1.165, 1.54) is 5.57 Å². The first-order valence-corrected chi connectivity index (χ1v) is 14.0. The van der Waals surface area contributed by atoms with Crippen LogP contribution in [-0.2, 0) is 19.9 Å². The number of carbonyl (C=O) groups is 2. The van der Waals surface area contributed by atoms with Crippen molar-refractivity contribution in [2.24, 2.45) is 23.2 Å². The first-order chi connectivity index (χ1) is 16.7. The van der Waals surface area contributed by atoms with Crippen molar-refractivity contribution in [1.82, 2.24) is 4.98 Å². The van der Waals surface area contributed by atoms with E-state index in [-0.39, 0.29) is 24.0 Å². The van der Waals surface area contributed by atoms with Gasteiger partial charge in [0.05, 0.1) is 33.2 Å². The van der Waals surface area contributed by atoms with Crippen LogP contribution in [0, 0.1) is 30.1 Å². The summed E-state index contributed by atoms with van der Waals surface area (Å²) in [5, 5.41) is 12.0. The van der Waals surface area contributed by atoms with Crippen molar-refractivity contribution in [3.05, 3.63) is 40.4 Å². The molecule has 6 heteroatoms. The van der Waals surface area contributed by atoms with Gasteiger partial charge >= 0.3 is 5.97 Å². The molecule has 0 saturated carbocycles. The number of hydrogen-bond donors (Lipinski definition) is 1. The van der Waals surface area contributed by atoms with Gasteiger partial charge in [-0.2, -0.15) is 0 Å². The molecule has 5 unspecified atom stereocenters. The van der Waals surface area contributed by atoms with E-state index in [2.05, 4.69) is 31.8 Å². The summed E-state index contributed by atoms with van der Waals surface area (Å²) in [4.78, 5) is 31.2.